The molecule has 2 rings (SSSR count). The fourth-order valence-electron chi connectivity index (χ4n) is 2.24. The zero-order chi connectivity index (χ0) is 15.1. The van der Waals surface area contributed by atoms with Crippen LogP contribution < -0.4 is 11.1 Å². The van der Waals surface area contributed by atoms with Crippen molar-refractivity contribution in [3.8, 4) is 0 Å². The standard InChI is InChI=1S/C17H21N3O/c1-2-7-15(18)17(21)20-16(13-8-4-3-5-9-13)14-10-6-11-19-12-14/h3-6,8-12,15-16H,2,7,18H2,1H3,(H,20,21). The number of aromatic nitrogens is 1. The molecule has 0 spiro atoms. The first kappa shape index (κ1) is 15.2. The van der Waals surface area contributed by atoms with E-state index in [4.69, 9.17) is 5.73 Å². The second kappa shape index (κ2) is 7.55. The van der Waals surface area contributed by atoms with Crippen LogP contribution in [0, 0.1) is 0 Å². The maximum Gasteiger partial charge on any atom is 0.237 e. The van der Waals surface area contributed by atoms with Gasteiger partial charge in [-0.2, -0.15) is 0 Å². The third-order valence-corrected chi connectivity index (χ3v) is 3.37. The van der Waals surface area contributed by atoms with Crippen molar-refractivity contribution in [1.82, 2.24) is 10.3 Å². The molecule has 2 aromatic rings. The molecular formula is C17H21N3O. The van der Waals surface area contributed by atoms with Crippen molar-refractivity contribution in [2.45, 2.75) is 31.8 Å². The first-order chi connectivity index (χ1) is 10.2. The van der Waals surface area contributed by atoms with Gasteiger partial charge < -0.3 is 11.1 Å². The lowest BCUT2D eigenvalue weighted by Crippen LogP contribution is -2.42. The molecule has 4 heteroatoms. The van der Waals surface area contributed by atoms with Gasteiger partial charge in [0.05, 0.1) is 12.1 Å². The van der Waals surface area contributed by atoms with Crippen LogP contribution in [0.15, 0.2) is 54.9 Å². The van der Waals surface area contributed by atoms with E-state index in [2.05, 4.69) is 10.3 Å². The van der Waals surface area contributed by atoms with Crippen LogP contribution in [-0.2, 0) is 4.79 Å². The topological polar surface area (TPSA) is 68.0 Å². The molecule has 110 valence electrons. The molecule has 2 unspecified atom stereocenters. The Balaban J connectivity index is 2.23. The molecule has 1 aromatic heterocycles. The molecule has 0 fully saturated rings. The van der Waals surface area contributed by atoms with Crippen molar-refractivity contribution in [2.24, 2.45) is 5.73 Å². The molecule has 0 aliphatic rings. The number of carbonyl (C=O) groups is 1. The van der Waals surface area contributed by atoms with Crippen LogP contribution in [0.5, 0.6) is 0 Å². The van der Waals surface area contributed by atoms with Crippen molar-refractivity contribution in [3.63, 3.8) is 0 Å². The van der Waals surface area contributed by atoms with Crippen molar-refractivity contribution in [1.29, 1.82) is 0 Å². The zero-order valence-electron chi connectivity index (χ0n) is 12.2. The number of nitrogens with two attached hydrogens (primary N) is 1. The zero-order valence-corrected chi connectivity index (χ0v) is 12.2. The molecule has 0 aliphatic heterocycles. The second-order valence-electron chi connectivity index (χ2n) is 5.03. The Morgan fingerprint density at radius 3 is 2.52 bits per heavy atom. The molecule has 0 saturated heterocycles. The Kier molecular flexibility index (Phi) is 5.46. The molecule has 0 radical (unpaired) electrons. The Morgan fingerprint density at radius 2 is 1.90 bits per heavy atom. The first-order valence-electron chi connectivity index (χ1n) is 7.23. The fourth-order valence-corrected chi connectivity index (χ4v) is 2.24. The highest BCUT2D eigenvalue weighted by atomic mass is 16.2. The number of pyridine rings is 1. The summed E-state index contributed by atoms with van der Waals surface area (Å²) in [4.78, 5) is 16.4. The third-order valence-electron chi connectivity index (χ3n) is 3.37. The molecule has 0 bridgehead atoms. The lowest BCUT2D eigenvalue weighted by Gasteiger charge is -2.21. The van der Waals surface area contributed by atoms with E-state index < -0.39 is 6.04 Å². The molecule has 2 atom stereocenters. The van der Waals surface area contributed by atoms with Gasteiger partial charge in [0.1, 0.15) is 0 Å². The maximum absolute atomic E-state index is 12.2. The minimum absolute atomic E-state index is 0.130. The molecule has 0 aliphatic carbocycles. The molecule has 1 aromatic carbocycles. The summed E-state index contributed by atoms with van der Waals surface area (Å²) in [7, 11) is 0. The highest BCUT2D eigenvalue weighted by Gasteiger charge is 2.20. The summed E-state index contributed by atoms with van der Waals surface area (Å²) in [5.41, 5.74) is 7.87. The fraction of sp³-hybridized carbons (Fsp3) is 0.294. The lowest BCUT2D eigenvalue weighted by molar-refractivity contribution is -0.123. The van der Waals surface area contributed by atoms with Gasteiger partial charge >= 0.3 is 0 Å². The van der Waals surface area contributed by atoms with Crippen LogP contribution in [-0.4, -0.2) is 16.9 Å². The van der Waals surface area contributed by atoms with E-state index in [1.165, 1.54) is 0 Å². The summed E-state index contributed by atoms with van der Waals surface area (Å²) in [6.45, 7) is 2.02. The van der Waals surface area contributed by atoms with E-state index in [0.29, 0.717) is 6.42 Å². The molecular weight excluding hydrogens is 262 g/mol. The van der Waals surface area contributed by atoms with Gasteiger partial charge in [-0.3, -0.25) is 9.78 Å². The maximum atomic E-state index is 12.2. The van der Waals surface area contributed by atoms with Gasteiger partial charge in [-0.1, -0.05) is 49.7 Å². The highest BCUT2D eigenvalue weighted by molar-refractivity contribution is 5.82. The molecule has 4 nitrogen and oxygen atoms in total. The predicted octanol–water partition coefficient (Wildman–Crippen LogP) is 2.41. The van der Waals surface area contributed by atoms with E-state index in [1.54, 1.807) is 12.4 Å². The number of nitrogens with one attached hydrogen (secondary N) is 1. The Labute approximate surface area is 125 Å². The van der Waals surface area contributed by atoms with Crippen molar-refractivity contribution in [3.05, 3.63) is 66.0 Å². The highest BCUT2D eigenvalue weighted by Crippen LogP contribution is 2.21. The van der Waals surface area contributed by atoms with E-state index in [0.717, 1.165) is 17.5 Å². The van der Waals surface area contributed by atoms with Gasteiger partial charge in [0.15, 0.2) is 0 Å². The Morgan fingerprint density at radius 1 is 1.19 bits per heavy atom. The monoisotopic (exact) mass is 283 g/mol. The van der Waals surface area contributed by atoms with Crippen LogP contribution in [0.25, 0.3) is 0 Å². The summed E-state index contributed by atoms with van der Waals surface area (Å²) in [6, 6.07) is 13.0. The number of carbonyl (C=O) groups excluding carboxylic acids is 1. The second-order valence-corrected chi connectivity index (χ2v) is 5.03. The van der Waals surface area contributed by atoms with E-state index in [1.807, 2.05) is 49.4 Å². The van der Waals surface area contributed by atoms with Crippen LogP contribution >= 0.6 is 0 Å². The number of hydrogen-bond donors (Lipinski definition) is 2. The van der Waals surface area contributed by atoms with Gasteiger partial charge in [0.25, 0.3) is 0 Å². The summed E-state index contributed by atoms with van der Waals surface area (Å²) in [5, 5.41) is 3.03. The van der Waals surface area contributed by atoms with E-state index in [-0.39, 0.29) is 11.9 Å². The first-order valence-corrected chi connectivity index (χ1v) is 7.23. The smallest absolute Gasteiger partial charge is 0.237 e. The number of rotatable bonds is 6. The SMILES string of the molecule is CCCC(N)C(=O)NC(c1ccccc1)c1cccnc1. The molecule has 1 amide bonds. The number of benzene rings is 1. The average Bonchev–Trinajstić information content (AvgIpc) is 2.54. The van der Waals surface area contributed by atoms with E-state index >= 15 is 0 Å². The molecule has 3 N–H and O–H groups in total. The van der Waals surface area contributed by atoms with Crippen molar-refractivity contribution in [2.75, 3.05) is 0 Å². The number of nitrogens with zero attached hydrogens (tertiary/aromatic N) is 1. The van der Waals surface area contributed by atoms with Crippen molar-refractivity contribution >= 4 is 5.91 Å². The van der Waals surface area contributed by atoms with Gasteiger partial charge in [0, 0.05) is 12.4 Å². The molecule has 0 saturated carbocycles. The quantitative estimate of drug-likeness (QED) is 0.855. The number of hydrogen-bond acceptors (Lipinski definition) is 3. The Bertz CT molecular complexity index is 517. The average molecular weight is 283 g/mol. The lowest BCUT2D eigenvalue weighted by atomic mass is 9.99. The van der Waals surface area contributed by atoms with Gasteiger partial charge in [-0.25, -0.2) is 0 Å². The van der Waals surface area contributed by atoms with Crippen LogP contribution in [0.4, 0.5) is 0 Å². The van der Waals surface area contributed by atoms with Crippen molar-refractivity contribution < 1.29 is 4.79 Å². The van der Waals surface area contributed by atoms with Gasteiger partial charge in [0.2, 0.25) is 5.91 Å². The predicted molar refractivity (Wildman–Crippen MR) is 83.5 cm³/mol. The molecule has 1 heterocycles. The normalized spacial score (nSPS) is 13.4. The van der Waals surface area contributed by atoms with Crippen LogP contribution in [0.1, 0.15) is 36.9 Å². The summed E-state index contributed by atoms with van der Waals surface area (Å²) >= 11 is 0. The Hall–Kier alpha value is -2.20. The minimum Gasteiger partial charge on any atom is -0.344 e. The summed E-state index contributed by atoms with van der Waals surface area (Å²) in [6.07, 6.45) is 5.05. The summed E-state index contributed by atoms with van der Waals surface area (Å²) in [5.74, 6) is -0.130. The van der Waals surface area contributed by atoms with Crippen LogP contribution in [0.3, 0.4) is 0 Å². The van der Waals surface area contributed by atoms with E-state index in [9.17, 15) is 4.79 Å². The molecule has 21 heavy (non-hydrogen) atoms. The number of amides is 1. The largest absolute Gasteiger partial charge is 0.344 e. The van der Waals surface area contributed by atoms with Gasteiger partial charge in [-0.15, -0.1) is 0 Å². The summed E-state index contributed by atoms with van der Waals surface area (Å²) < 4.78 is 0. The van der Waals surface area contributed by atoms with Gasteiger partial charge in [-0.05, 0) is 23.6 Å². The van der Waals surface area contributed by atoms with Crippen LogP contribution in [0.2, 0.25) is 0 Å². The minimum atomic E-state index is -0.474. The third kappa shape index (κ3) is 4.13.